The third-order valence-corrected chi connectivity index (χ3v) is 5.90. The molecule has 9 heteroatoms. The summed E-state index contributed by atoms with van der Waals surface area (Å²) in [7, 11) is -0.543. The van der Waals surface area contributed by atoms with Crippen molar-refractivity contribution < 1.29 is 22.7 Å². The zero-order valence-electron chi connectivity index (χ0n) is 14.7. The van der Waals surface area contributed by atoms with E-state index in [1.165, 1.54) is 17.5 Å². The van der Waals surface area contributed by atoms with E-state index in [1.807, 2.05) is 0 Å². The van der Waals surface area contributed by atoms with E-state index in [2.05, 4.69) is 10.6 Å². The van der Waals surface area contributed by atoms with Gasteiger partial charge in [0, 0.05) is 31.2 Å². The minimum Gasteiger partial charge on any atom is -0.495 e. The first-order valence-electron chi connectivity index (χ1n) is 8.11. The van der Waals surface area contributed by atoms with Crippen LogP contribution >= 0.6 is 0 Å². The normalized spacial score (nSPS) is 17.1. The van der Waals surface area contributed by atoms with Crippen molar-refractivity contribution in [1.29, 1.82) is 0 Å². The van der Waals surface area contributed by atoms with Crippen LogP contribution in [0.1, 0.15) is 6.92 Å². The Balaban J connectivity index is 2.29. The molecule has 1 amide bonds. The van der Waals surface area contributed by atoms with E-state index >= 15 is 0 Å². The molecule has 1 aliphatic rings. The summed E-state index contributed by atoms with van der Waals surface area (Å²) < 4.78 is 37.6. The van der Waals surface area contributed by atoms with Crippen LogP contribution in [-0.4, -0.2) is 65.6 Å². The Morgan fingerprint density at radius 1 is 1.36 bits per heavy atom. The van der Waals surface area contributed by atoms with Crippen LogP contribution in [0.15, 0.2) is 23.1 Å². The van der Waals surface area contributed by atoms with Gasteiger partial charge in [-0.2, -0.15) is 4.31 Å². The molecule has 2 N–H and O–H groups in total. The lowest BCUT2D eigenvalue weighted by molar-refractivity contribution is -0.119. The van der Waals surface area contributed by atoms with Crippen molar-refractivity contribution in [2.24, 2.45) is 5.92 Å². The number of sulfonamides is 1. The fourth-order valence-electron chi connectivity index (χ4n) is 2.55. The van der Waals surface area contributed by atoms with Crippen LogP contribution < -0.4 is 15.4 Å². The minimum absolute atomic E-state index is 0.0379. The average molecular weight is 371 g/mol. The molecular formula is C16H25N3O5S. The van der Waals surface area contributed by atoms with Gasteiger partial charge in [0.1, 0.15) is 10.6 Å². The van der Waals surface area contributed by atoms with Gasteiger partial charge in [-0.3, -0.25) is 4.79 Å². The predicted octanol–water partition coefficient (Wildman–Crippen LogP) is 0.510. The summed E-state index contributed by atoms with van der Waals surface area (Å²) in [6.45, 7) is 3.63. The predicted molar refractivity (Wildman–Crippen MR) is 94.3 cm³/mol. The van der Waals surface area contributed by atoms with E-state index in [0.717, 1.165) is 0 Å². The third-order valence-electron chi connectivity index (χ3n) is 3.98. The van der Waals surface area contributed by atoms with Crippen molar-refractivity contribution in [1.82, 2.24) is 9.62 Å². The molecule has 1 aliphatic heterocycles. The summed E-state index contributed by atoms with van der Waals surface area (Å²) in [6, 6.07) is 4.61. The van der Waals surface area contributed by atoms with E-state index in [0.29, 0.717) is 38.5 Å². The molecule has 2 rings (SSSR count). The van der Waals surface area contributed by atoms with Crippen LogP contribution in [0.25, 0.3) is 0 Å². The van der Waals surface area contributed by atoms with Gasteiger partial charge in [-0.25, -0.2) is 8.42 Å². The van der Waals surface area contributed by atoms with Crippen molar-refractivity contribution in [3.05, 3.63) is 18.2 Å². The van der Waals surface area contributed by atoms with E-state index in [1.54, 1.807) is 26.1 Å². The summed E-state index contributed by atoms with van der Waals surface area (Å²) in [6.07, 6.45) is 0. The van der Waals surface area contributed by atoms with Crippen LogP contribution in [-0.2, 0) is 19.6 Å². The summed E-state index contributed by atoms with van der Waals surface area (Å²) in [5.74, 6) is -0.187. The van der Waals surface area contributed by atoms with Gasteiger partial charge in [0.15, 0.2) is 0 Å². The van der Waals surface area contributed by atoms with Gasteiger partial charge < -0.3 is 20.1 Å². The van der Waals surface area contributed by atoms with Gasteiger partial charge in [0.05, 0.1) is 20.3 Å². The molecule has 1 saturated heterocycles. The van der Waals surface area contributed by atoms with E-state index < -0.39 is 10.0 Å². The van der Waals surface area contributed by atoms with E-state index in [9.17, 15) is 13.2 Å². The maximum Gasteiger partial charge on any atom is 0.246 e. The summed E-state index contributed by atoms with van der Waals surface area (Å²) in [4.78, 5) is 12.2. The average Bonchev–Trinajstić information content (AvgIpc) is 2.62. The number of methoxy groups -OCH3 is 1. The number of nitrogens with zero attached hydrogens (tertiary/aromatic N) is 1. The second kappa shape index (κ2) is 8.61. The number of hydrogen-bond donors (Lipinski definition) is 2. The Labute approximate surface area is 148 Å². The summed E-state index contributed by atoms with van der Waals surface area (Å²) in [5.41, 5.74) is 0.417. The van der Waals surface area contributed by atoms with E-state index in [4.69, 9.17) is 9.47 Å². The Bertz CT molecular complexity index is 702. The molecule has 8 nitrogen and oxygen atoms in total. The molecule has 0 bridgehead atoms. The van der Waals surface area contributed by atoms with Gasteiger partial charge in [0.25, 0.3) is 0 Å². The van der Waals surface area contributed by atoms with Crippen molar-refractivity contribution in [2.45, 2.75) is 11.8 Å². The summed E-state index contributed by atoms with van der Waals surface area (Å²) in [5, 5.41) is 5.69. The minimum atomic E-state index is -3.73. The number of anilines is 1. The van der Waals surface area contributed by atoms with Crippen molar-refractivity contribution in [3.63, 3.8) is 0 Å². The molecule has 140 valence electrons. The molecule has 1 fully saturated rings. The van der Waals surface area contributed by atoms with Crippen LogP contribution in [0.4, 0.5) is 5.69 Å². The number of nitrogens with one attached hydrogen (secondary N) is 2. The molecule has 1 atom stereocenters. The second-order valence-corrected chi connectivity index (χ2v) is 7.74. The first-order chi connectivity index (χ1) is 11.9. The van der Waals surface area contributed by atoms with Crippen LogP contribution in [0.2, 0.25) is 0 Å². The Kier molecular flexibility index (Phi) is 6.77. The van der Waals surface area contributed by atoms with Crippen LogP contribution in [0.5, 0.6) is 5.75 Å². The molecule has 0 radical (unpaired) electrons. The molecule has 25 heavy (non-hydrogen) atoms. The third kappa shape index (κ3) is 4.69. The molecule has 1 aromatic rings. The SMILES string of the molecule is CNCC(C)C(=O)Nc1ccc(OC)c(S(=O)(=O)N2CCOCC2)c1. The van der Waals surface area contributed by atoms with Crippen LogP contribution in [0, 0.1) is 5.92 Å². The number of hydrogen-bond acceptors (Lipinski definition) is 6. The van der Waals surface area contributed by atoms with Crippen molar-refractivity contribution >= 4 is 21.6 Å². The maximum absolute atomic E-state index is 12.9. The number of rotatable bonds is 7. The zero-order chi connectivity index (χ0) is 18.4. The number of carbonyl (C=O) groups excluding carboxylic acids is 1. The molecule has 1 aromatic carbocycles. The van der Waals surface area contributed by atoms with Gasteiger partial charge in [-0.15, -0.1) is 0 Å². The van der Waals surface area contributed by atoms with Crippen molar-refractivity contribution in [2.75, 3.05) is 52.3 Å². The highest BCUT2D eigenvalue weighted by atomic mass is 32.2. The molecule has 1 heterocycles. The topological polar surface area (TPSA) is 97.0 Å². The first-order valence-corrected chi connectivity index (χ1v) is 9.55. The van der Waals surface area contributed by atoms with Gasteiger partial charge >= 0.3 is 0 Å². The Morgan fingerprint density at radius 3 is 2.64 bits per heavy atom. The number of ether oxygens (including phenoxy) is 2. The van der Waals surface area contributed by atoms with Crippen molar-refractivity contribution in [3.8, 4) is 5.75 Å². The highest BCUT2D eigenvalue weighted by Crippen LogP contribution is 2.30. The first kappa shape index (κ1) is 19.6. The number of carbonyl (C=O) groups is 1. The lowest BCUT2D eigenvalue weighted by atomic mass is 10.1. The second-order valence-electron chi connectivity index (χ2n) is 5.83. The highest BCUT2D eigenvalue weighted by molar-refractivity contribution is 7.89. The fraction of sp³-hybridized carbons (Fsp3) is 0.562. The molecular weight excluding hydrogens is 346 g/mol. The monoisotopic (exact) mass is 371 g/mol. The number of benzene rings is 1. The van der Waals surface area contributed by atoms with E-state index in [-0.39, 0.29) is 22.5 Å². The molecule has 0 aliphatic carbocycles. The highest BCUT2D eigenvalue weighted by Gasteiger charge is 2.29. The maximum atomic E-state index is 12.9. The quantitative estimate of drug-likeness (QED) is 0.725. The van der Waals surface area contributed by atoms with Crippen LogP contribution in [0.3, 0.4) is 0 Å². The van der Waals surface area contributed by atoms with Gasteiger partial charge in [-0.05, 0) is 25.2 Å². The lowest BCUT2D eigenvalue weighted by Gasteiger charge is -2.27. The zero-order valence-corrected chi connectivity index (χ0v) is 15.6. The smallest absolute Gasteiger partial charge is 0.246 e. The number of amides is 1. The fourth-order valence-corrected chi connectivity index (χ4v) is 4.14. The number of morpholine rings is 1. The molecule has 1 unspecified atom stereocenters. The standard InChI is InChI=1S/C16H25N3O5S/c1-12(11-17-2)16(20)18-13-4-5-14(23-3)15(10-13)25(21,22)19-6-8-24-9-7-19/h4-5,10,12,17H,6-9,11H2,1-3H3,(H,18,20). The van der Waals surface area contributed by atoms with Gasteiger partial charge in [-0.1, -0.05) is 6.92 Å². The lowest BCUT2D eigenvalue weighted by Crippen LogP contribution is -2.40. The molecule has 0 spiro atoms. The Hall–Kier alpha value is -1.68. The molecule has 0 saturated carbocycles. The van der Waals surface area contributed by atoms with Gasteiger partial charge in [0.2, 0.25) is 15.9 Å². The summed E-state index contributed by atoms with van der Waals surface area (Å²) >= 11 is 0. The largest absolute Gasteiger partial charge is 0.495 e. The Morgan fingerprint density at radius 2 is 2.04 bits per heavy atom. The molecule has 0 aromatic heterocycles.